The van der Waals surface area contributed by atoms with E-state index in [0.29, 0.717) is 56.6 Å². The molecule has 0 spiro atoms. The Bertz CT molecular complexity index is 1380. The zero-order valence-corrected chi connectivity index (χ0v) is 22.4. The third-order valence-electron chi connectivity index (χ3n) is 6.61. The first kappa shape index (κ1) is 24.7. The molecule has 0 fully saturated rings. The molecule has 3 aromatic rings. The zero-order valence-electron chi connectivity index (χ0n) is 20.0. The molecule has 0 saturated carbocycles. The van der Waals surface area contributed by atoms with Gasteiger partial charge < -0.3 is 14.6 Å². The summed E-state index contributed by atoms with van der Waals surface area (Å²) in [5.41, 5.74) is 2.69. The van der Waals surface area contributed by atoms with Gasteiger partial charge in [0.1, 0.15) is 19.1 Å². The fourth-order valence-electron chi connectivity index (χ4n) is 4.95. The van der Waals surface area contributed by atoms with Gasteiger partial charge in [-0.05, 0) is 58.5 Å². The fraction of sp³-hybridized carbons (Fsp3) is 0.286. The van der Waals surface area contributed by atoms with Crippen LogP contribution in [0.5, 0.6) is 11.5 Å². The van der Waals surface area contributed by atoms with Crippen molar-refractivity contribution >= 4 is 45.1 Å². The SMILES string of the molecule is CC(C)(C)c1ccc(N2C(=O)c3cc(Br)ccc3[C@@H](C(=O)O)[C@@H]2c2ccc3c(c2)OCCO3)cc1Cl. The highest BCUT2D eigenvalue weighted by Crippen LogP contribution is 2.48. The van der Waals surface area contributed by atoms with Crippen LogP contribution in [-0.2, 0) is 10.2 Å². The average Bonchev–Trinajstić information content (AvgIpc) is 2.82. The van der Waals surface area contributed by atoms with E-state index in [-0.39, 0.29) is 11.3 Å². The molecule has 1 N–H and O–H groups in total. The average molecular weight is 571 g/mol. The van der Waals surface area contributed by atoms with Crippen molar-refractivity contribution in [3.05, 3.63) is 86.3 Å². The number of nitrogens with zero attached hydrogens (tertiary/aromatic N) is 1. The van der Waals surface area contributed by atoms with E-state index in [1.165, 1.54) is 4.90 Å². The van der Waals surface area contributed by atoms with Crippen molar-refractivity contribution < 1.29 is 24.2 Å². The van der Waals surface area contributed by atoms with E-state index in [9.17, 15) is 14.7 Å². The van der Waals surface area contributed by atoms with Gasteiger partial charge in [0.2, 0.25) is 0 Å². The Morgan fingerprint density at radius 3 is 2.42 bits per heavy atom. The van der Waals surface area contributed by atoms with E-state index >= 15 is 0 Å². The lowest BCUT2D eigenvalue weighted by atomic mass is 9.79. The number of hydrogen-bond donors (Lipinski definition) is 1. The molecule has 36 heavy (non-hydrogen) atoms. The van der Waals surface area contributed by atoms with Crippen molar-refractivity contribution in [2.24, 2.45) is 0 Å². The number of aliphatic carboxylic acids is 1. The van der Waals surface area contributed by atoms with Gasteiger partial charge in [0, 0.05) is 20.7 Å². The Hall–Kier alpha value is -3.03. The molecule has 5 rings (SSSR count). The maximum atomic E-state index is 14.0. The Morgan fingerprint density at radius 1 is 1.03 bits per heavy atom. The molecule has 0 radical (unpaired) electrons. The molecule has 0 aromatic heterocycles. The van der Waals surface area contributed by atoms with Crippen molar-refractivity contribution in [3.63, 3.8) is 0 Å². The number of carboxylic acid groups (broad SMARTS) is 1. The molecule has 3 aromatic carbocycles. The lowest BCUT2D eigenvalue weighted by Gasteiger charge is -2.41. The largest absolute Gasteiger partial charge is 0.486 e. The quantitative estimate of drug-likeness (QED) is 0.377. The first-order valence-electron chi connectivity index (χ1n) is 11.6. The number of carbonyl (C=O) groups excluding carboxylic acids is 1. The highest BCUT2D eigenvalue weighted by atomic mass is 79.9. The minimum Gasteiger partial charge on any atom is -0.486 e. The van der Waals surface area contributed by atoms with Crippen molar-refractivity contribution in [3.8, 4) is 11.5 Å². The predicted octanol–water partition coefficient (Wildman–Crippen LogP) is 6.74. The summed E-state index contributed by atoms with van der Waals surface area (Å²) < 4.78 is 12.1. The Balaban J connectivity index is 1.74. The number of hydrogen-bond acceptors (Lipinski definition) is 4. The van der Waals surface area contributed by atoms with Crippen LogP contribution >= 0.6 is 27.5 Å². The number of carboxylic acids is 1. The van der Waals surface area contributed by atoms with Crippen LogP contribution in [0, 0.1) is 0 Å². The highest BCUT2D eigenvalue weighted by molar-refractivity contribution is 9.10. The van der Waals surface area contributed by atoms with Gasteiger partial charge >= 0.3 is 5.97 Å². The topological polar surface area (TPSA) is 76.1 Å². The molecule has 8 heteroatoms. The molecule has 2 atom stereocenters. The molecule has 0 bridgehead atoms. The second kappa shape index (κ2) is 9.12. The first-order valence-corrected chi connectivity index (χ1v) is 12.8. The van der Waals surface area contributed by atoms with Crippen LogP contribution in [-0.4, -0.2) is 30.2 Å². The first-order chi connectivity index (χ1) is 17.1. The van der Waals surface area contributed by atoms with Crippen molar-refractivity contribution in [2.75, 3.05) is 18.1 Å². The van der Waals surface area contributed by atoms with Gasteiger partial charge in [-0.25, -0.2) is 0 Å². The van der Waals surface area contributed by atoms with Crippen molar-refractivity contribution in [1.82, 2.24) is 0 Å². The van der Waals surface area contributed by atoms with Gasteiger partial charge in [0.15, 0.2) is 11.5 Å². The summed E-state index contributed by atoms with van der Waals surface area (Å²) in [6.45, 7) is 7.02. The van der Waals surface area contributed by atoms with Crippen molar-refractivity contribution in [2.45, 2.75) is 38.1 Å². The second-order valence-electron chi connectivity index (χ2n) is 9.98. The van der Waals surface area contributed by atoms with Gasteiger partial charge in [-0.3, -0.25) is 14.5 Å². The van der Waals surface area contributed by atoms with Crippen LogP contribution < -0.4 is 14.4 Å². The summed E-state index contributed by atoms with van der Waals surface area (Å²) in [5.74, 6) is -1.24. The third kappa shape index (κ3) is 4.24. The van der Waals surface area contributed by atoms with E-state index in [2.05, 4.69) is 36.7 Å². The molecule has 2 aliphatic rings. The van der Waals surface area contributed by atoms with Gasteiger partial charge in [0.25, 0.3) is 5.91 Å². The molecular weight excluding hydrogens is 546 g/mol. The standard InChI is InChI=1S/C28H25BrClNO5/c1-28(2,3)20-8-6-17(14-21(20)30)31-25(15-4-9-22-23(12-15)36-11-10-35-22)24(27(33)34)18-7-5-16(29)13-19(18)26(31)32/h4-9,12-14,24-25H,10-11H2,1-3H3,(H,33,34)/t24-,25+/m1/s1. The monoisotopic (exact) mass is 569 g/mol. The van der Waals surface area contributed by atoms with Gasteiger partial charge in [-0.15, -0.1) is 0 Å². The number of carbonyl (C=O) groups is 2. The van der Waals surface area contributed by atoms with Crippen LogP contribution in [0.15, 0.2) is 59.1 Å². The number of amides is 1. The molecular formula is C28H25BrClNO5. The van der Waals surface area contributed by atoms with Crippen LogP contribution in [0.25, 0.3) is 0 Å². The Kier molecular flexibility index (Phi) is 6.25. The van der Waals surface area contributed by atoms with Crippen LogP contribution in [0.2, 0.25) is 5.02 Å². The number of rotatable bonds is 3. The van der Waals surface area contributed by atoms with Gasteiger partial charge in [-0.1, -0.05) is 66.5 Å². The van der Waals surface area contributed by atoms with Crippen LogP contribution in [0.4, 0.5) is 5.69 Å². The molecule has 6 nitrogen and oxygen atoms in total. The smallest absolute Gasteiger partial charge is 0.313 e. The molecule has 2 aliphatic heterocycles. The summed E-state index contributed by atoms with van der Waals surface area (Å²) in [6.07, 6.45) is 0. The summed E-state index contributed by atoms with van der Waals surface area (Å²) in [7, 11) is 0. The zero-order chi connectivity index (χ0) is 25.8. The second-order valence-corrected chi connectivity index (χ2v) is 11.3. The van der Waals surface area contributed by atoms with E-state index in [1.807, 2.05) is 12.1 Å². The van der Waals surface area contributed by atoms with E-state index in [1.54, 1.807) is 42.5 Å². The van der Waals surface area contributed by atoms with Crippen LogP contribution in [0.3, 0.4) is 0 Å². The summed E-state index contributed by atoms with van der Waals surface area (Å²) in [4.78, 5) is 28.3. The summed E-state index contributed by atoms with van der Waals surface area (Å²) in [5, 5.41) is 11.0. The lowest BCUT2D eigenvalue weighted by molar-refractivity contribution is -0.139. The maximum absolute atomic E-state index is 14.0. The minimum atomic E-state index is -1.03. The number of fused-ring (bicyclic) bond motifs is 2. The highest BCUT2D eigenvalue weighted by Gasteiger charge is 2.45. The normalized spacial score (nSPS) is 19.1. The van der Waals surface area contributed by atoms with Gasteiger partial charge in [-0.2, -0.15) is 0 Å². The molecule has 1 amide bonds. The molecule has 0 saturated heterocycles. The Morgan fingerprint density at radius 2 is 1.75 bits per heavy atom. The van der Waals surface area contributed by atoms with Crippen LogP contribution in [0.1, 0.15) is 59.8 Å². The predicted molar refractivity (Wildman–Crippen MR) is 142 cm³/mol. The maximum Gasteiger partial charge on any atom is 0.313 e. The summed E-state index contributed by atoms with van der Waals surface area (Å²) >= 11 is 10.1. The number of ether oxygens (including phenoxy) is 2. The number of anilines is 1. The molecule has 0 unspecified atom stereocenters. The lowest BCUT2D eigenvalue weighted by Crippen LogP contribution is -2.45. The van der Waals surface area contributed by atoms with E-state index < -0.39 is 17.9 Å². The van der Waals surface area contributed by atoms with E-state index in [4.69, 9.17) is 21.1 Å². The number of halogens is 2. The third-order valence-corrected chi connectivity index (χ3v) is 7.41. The minimum absolute atomic E-state index is 0.197. The summed E-state index contributed by atoms with van der Waals surface area (Å²) in [6, 6.07) is 15.1. The van der Waals surface area contributed by atoms with Gasteiger partial charge in [0.05, 0.1) is 6.04 Å². The van der Waals surface area contributed by atoms with Crippen molar-refractivity contribution in [1.29, 1.82) is 0 Å². The molecule has 186 valence electrons. The molecule has 2 heterocycles. The van der Waals surface area contributed by atoms with E-state index in [0.717, 1.165) is 5.56 Å². The number of benzene rings is 3. The Labute approximate surface area is 222 Å². The fourth-order valence-corrected chi connectivity index (χ4v) is 5.77. The molecule has 0 aliphatic carbocycles.